The van der Waals surface area contributed by atoms with Gasteiger partial charge in [0.2, 0.25) is 5.82 Å². The molecule has 0 saturated heterocycles. The molecule has 0 aliphatic carbocycles. The van der Waals surface area contributed by atoms with Gasteiger partial charge in [0, 0.05) is 13.2 Å². The summed E-state index contributed by atoms with van der Waals surface area (Å²) in [6.07, 6.45) is 1.42. The van der Waals surface area contributed by atoms with E-state index in [1.165, 1.54) is 18.0 Å². The summed E-state index contributed by atoms with van der Waals surface area (Å²) in [5.74, 6) is -0.511. The molecule has 1 heterocycles. The lowest BCUT2D eigenvalue weighted by Crippen LogP contribution is -2.36. The third-order valence-corrected chi connectivity index (χ3v) is 2.04. The van der Waals surface area contributed by atoms with Crippen molar-refractivity contribution in [3.8, 4) is 6.07 Å². The van der Waals surface area contributed by atoms with Gasteiger partial charge in [-0.1, -0.05) is 0 Å². The highest BCUT2D eigenvalue weighted by atomic mass is 16.4. The van der Waals surface area contributed by atoms with E-state index in [4.69, 9.17) is 10.4 Å². The number of carboxylic acid groups (broad SMARTS) is 1. The molecule has 0 radical (unpaired) electrons. The van der Waals surface area contributed by atoms with Gasteiger partial charge in [0.1, 0.15) is 17.9 Å². The number of carboxylic acids is 1. The molecule has 78 valence electrons. The zero-order valence-electron chi connectivity index (χ0n) is 8.38. The molecule has 0 aromatic carbocycles. The fourth-order valence-electron chi connectivity index (χ4n) is 0.964. The molecule has 1 unspecified atom stereocenters. The van der Waals surface area contributed by atoms with Crippen LogP contribution in [0.3, 0.4) is 0 Å². The molecule has 0 spiro atoms. The fraction of sp³-hybridized carbons (Fsp3) is 0.333. The van der Waals surface area contributed by atoms with Gasteiger partial charge in [0.15, 0.2) is 0 Å². The standard InChI is InChI=1S/C9H10N4O2/c1-6(9(14)15)13(2)8-3-4-11-7(5-10)12-8/h3-4,6H,1-2H3,(H,14,15). The van der Waals surface area contributed by atoms with Crippen LogP contribution in [0.1, 0.15) is 12.7 Å². The Kier molecular flexibility index (Phi) is 3.18. The summed E-state index contributed by atoms with van der Waals surface area (Å²) < 4.78 is 0. The first-order valence-electron chi connectivity index (χ1n) is 4.25. The van der Waals surface area contributed by atoms with Crippen LogP contribution in [0.4, 0.5) is 5.82 Å². The first kappa shape index (κ1) is 10.9. The number of aliphatic carboxylic acids is 1. The first-order valence-corrected chi connectivity index (χ1v) is 4.25. The van der Waals surface area contributed by atoms with Crippen molar-refractivity contribution in [2.24, 2.45) is 0 Å². The Morgan fingerprint density at radius 2 is 2.40 bits per heavy atom. The second-order valence-corrected chi connectivity index (χ2v) is 2.98. The van der Waals surface area contributed by atoms with E-state index in [0.29, 0.717) is 5.82 Å². The summed E-state index contributed by atoms with van der Waals surface area (Å²) in [7, 11) is 1.60. The summed E-state index contributed by atoms with van der Waals surface area (Å²) in [5, 5.41) is 17.4. The van der Waals surface area contributed by atoms with Gasteiger partial charge in [-0.25, -0.2) is 14.8 Å². The minimum absolute atomic E-state index is 0.0249. The number of nitrogens with zero attached hydrogens (tertiary/aromatic N) is 4. The van der Waals surface area contributed by atoms with E-state index in [1.807, 2.05) is 0 Å². The van der Waals surface area contributed by atoms with Crippen LogP contribution >= 0.6 is 0 Å². The normalized spacial score (nSPS) is 11.5. The molecule has 0 aliphatic heterocycles. The van der Waals surface area contributed by atoms with Crippen molar-refractivity contribution in [3.63, 3.8) is 0 Å². The van der Waals surface area contributed by atoms with Gasteiger partial charge in [0.25, 0.3) is 0 Å². The molecule has 0 saturated carbocycles. The van der Waals surface area contributed by atoms with Gasteiger partial charge >= 0.3 is 5.97 Å². The van der Waals surface area contributed by atoms with E-state index in [1.54, 1.807) is 19.2 Å². The Balaban J connectivity index is 2.96. The highest BCUT2D eigenvalue weighted by Gasteiger charge is 2.18. The number of nitriles is 1. The van der Waals surface area contributed by atoms with Crippen LogP contribution < -0.4 is 4.90 Å². The molecular weight excluding hydrogens is 196 g/mol. The van der Waals surface area contributed by atoms with Crippen LogP contribution in [0.5, 0.6) is 0 Å². The van der Waals surface area contributed by atoms with E-state index < -0.39 is 12.0 Å². The van der Waals surface area contributed by atoms with Crippen LogP contribution in [0, 0.1) is 11.3 Å². The van der Waals surface area contributed by atoms with Gasteiger partial charge in [-0.3, -0.25) is 0 Å². The van der Waals surface area contributed by atoms with E-state index in [2.05, 4.69) is 9.97 Å². The highest BCUT2D eigenvalue weighted by molar-refractivity contribution is 5.76. The van der Waals surface area contributed by atoms with Crippen molar-refractivity contribution in [3.05, 3.63) is 18.1 Å². The molecule has 0 fully saturated rings. The Hall–Kier alpha value is -2.16. The van der Waals surface area contributed by atoms with E-state index in [9.17, 15) is 4.79 Å². The summed E-state index contributed by atoms with van der Waals surface area (Å²) in [5.41, 5.74) is 0. The zero-order chi connectivity index (χ0) is 11.4. The number of rotatable bonds is 3. The molecule has 15 heavy (non-hydrogen) atoms. The van der Waals surface area contributed by atoms with Gasteiger partial charge in [-0.05, 0) is 13.0 Å². The summed E-state index contributed by atoms with van der Waals surface area (Å²) in [4.78, 5) is 19.8. The smallest absolute Gasteiger partial charge is 0.326 e. The van der Waals surface area contributed by atoms with Crippen molar-refractivity contribution in [2.45, 2.75) is 13.0 Å². The number of hydrogen-bond donors (Lipinski definition) is 1. The Morgan fingerprint density at radius 1 is 1.73 bits per heavy atom. The van der Waals surface area contributed by atoms with Crippen molar-refractivity contribution in [2.75, 3.05) is 11.9 Å². The zero-order valence-corrected chi connectivity index (χ0v) is 8.38. The predicted molar refractivity (Wildman–Crippen MR) is 52.2 cm³/mol. The van der Waals surface area contributed by atoms with Crippen LogP contribution in [0.15, 0.2) is 12.3 Å². The van der Waals surface area contributed by atoms with Crippen LogP contribution in [-0.4, -0.2) is 34.1 Å². The molecule has 0 aliphatic rings. The SMILES string of the molecule is CC(C(=O)O)N(C)c1ccnc(C#N)n1. The van der Waals surface area contributed by atoms with Gasteiger partial charge in [0.05, 0.1) is 0 Å². The lowest BCUT2D eigenvalue weighted by Gasteiger charge is -2.21. The van der Waals surface area contributed by atoms with E-state index in [0.717, 1.165) is 0 Å². The molecule has 1 atom stereocenters. The van der Waals surface area contributed by atoms with Gasteiger partial charge < -0.3 is 10.0 Å². The van der Waals surface area contributed by atoms with E-state index >= 15 is 0 Å². The molecule has 0 bridgehead atoms. The summed E-state index contributed by atoms with van der Waals surface area (Å²) >= 11 is 0. The molecule has 1 N–H and O–H groups in total. The van der Waals surface area contributed by atoms with Crippen LogP contribution in [0.2, 0.25) is 0 Å². The largest absolute Gasteiger partial charge is 0.480 e. The second kappa shape index (κ2) is 4.37. The molecule has 1 aromatic heterocycles. The fourth-order valence-corrected chi connectivity index (χ4v) is 0.964. The van der Waals surface area contributed by atoms with Crippen molar-refractivity contribution >= 4 is 11.8 Å². The third-order valence-electron chi connectivity index (χ3n) is 2.04. The van der Waals surface area contributed by atoms with Gasteiger partial charge in [-0.15, -0.1) is 0 Å². The number of hydrogen-bond acceptors (Lipinski definition) is 5. The Bertz CT molecular complexity index is 413. The third kappa shape index (κ3) is 2.40. The predicted octanol–water partition coefficient (Wildman–Crippen LogP) is 0.258. The van der Waals surface area contributed by atoms with Crippen LogP contribution in [-0.2, 0) is 4.79 Å². The Labute approximate surface area is 86.8 Å². The van der Waals surface area contributed by atoms with Gasteiger partial charge in [-0.2, -0.15) is 5.26 Å². The second-order valence-electron chi connectivity index (χ2n) is 2.98. The molecule has 6 nitrogen and oxygen atoms in total. The number of likely N-dealkylation sites (N-methyl/N-ethyl adjacent to an activating group) is 1. The summed E-state index contributed by atoms with van der Waals surface area (Å²) in [6.45, 7) is 1.54. The number of anilines is 1. The molecule has 1 rings (SSSR count). The Morgan fingerprint density at radius 3 is 2.93 bits per heavy atom. The summed E-state index contributed by atoms with van der Waals surface area (Å²) in [6, 6.07) is 2.65. The van der Waals surface area contributed by atoms with Crippen molar-refractivity contribution in [1.29, 1.82) is 5.26 Å². The molecular formula is C9H10N4O2. The molecule has 1 aromatic rings. The van der Waals surface area contributed by atoms with Crippen molar-refractivity contribution in [1.82, 2.24) is 9.97 Å². The lowest BCUT2D eigenvalue weighted by atomic mass is 10.3. The maximum absolute atomic E-state index is 10.7. The quantitative estimate of drug-likeness (QED) is 0.762. The number of aromatic nitrogens is 2. The maximum Gasteiger partial charge on any atom is 0.326 e. The average Bonchev–Trinajstić information content (AvgIpc) is 2.27. The first-order chi connectivity index (χ1) is 7.06. The molecule has 0 amide bonds. The minimum atomic E-state index is -0.949. The number of carbonyl (C=O) groups is 1. The maximum atomic E-state index is 10.7. The monoisotopic (exact) mass is 206 g/mol. The minimum Gasteiger partial charge on any atom is -0.480 e. The van der Waals surface area contributed by atoms with Crippen LogP contribution in [0.25, 0.3) is 0 Å². The van der Waals surface area contributed by atoms with Crippen molar-refractivity contribution < 1.29 is 9.90 Å². The average molecular weight is 206 g/mol. The molecule has 6 heteroatoms. The topological polar surface area (TPSA) is 90.1 Å². The highest BCUT2D eigenvalue weighted by Crippen LogP contribution is 2.10. The lowest BCUT2D eigenvalue weighted by molar-refractivity contribution is -0.138. The van der Waals surface area contributed by atoms with E-state index in [-0.39, 0.29) is 5.82 Å².